The van der Waals surface area contributed by atoms with Gasteiger partial charge in [-0.1, -0.05) is 30.0 Å². The number of hydrogen-bond donors (Lipinski definition) is 1. The maximum Gasteiger partial charge on any atom is 0.343 e. The molecule has 2 heterocycles. The average molecular weight is 326 g/mol. The minimum Gasteiger partial charge on any atom is -0.462 e. The SMILES string of the molecule is CCOC(=O)c1c[nH]c2c(Sc3ccccc3)nccc2c1=O. The van der Waals surface area contributed by atoms with E-state index in [-0.39, 0.29) is 17.6 Å². The number of nitrogens with zero attached hydrogens (tertiary/aromatic N) is 1. The van der Waals surface area contributed by atoms with Crippen molar-refractivity contribution >= 4 is 28.6 Å². The normalized spacial score (nSPS) is 10.7. The van der Waals surface area contributed by atoms with Crippen molar-refractivity contribution in [3.05, 3.63) is 64.6 Å². The molecule has 0 aliphatic heterocycles. The molecule has 0 spiro atoms. The van der Waals surface area contributed by atoms with Gasteiger partial charge >= 0.3 is 5.97 Å². The first kappa shape index (κ1) is 15.3. The van der Waals surface area contributed by atoms with Crippen LogP contribution in [0.5, 0.6) is 0 Å². The largest absolute Gasteiger partial charge is 0.462 e. The second-order valence-corrected chi connectivity index (χ2v) is 5.77. The summed E-state index contributed by atoms with van der Waals surface area (Å²) in [6.45, 7) is 1.92. The summed E-state index contributed by atoms with van der Waals surface area (Å²) < 4.78 is 4.90. The highest BCUT2D eigenvalue weighted by molar-refractivity contribution is 7.99. The Hall–Kier alpha value is -2.60. The van der Waals surface area contributed by atoms with Crippen molar-refractivity contribution in [1.82, 2.24) is 9.97 Å². The quantitative estimate of drug-likeness (QED) is 0.745. The Labute approximate surface area is 136 Å². The van der Waals surface area contributed by atoms with E-state index in [4.69, 9.17) is 4.74 Å². The lowest BCUT2D eigenvalue weighted by Gasteiger charge is -2.07. The summed E-state index contributed by atoms with van der Waals surface area (Å²) in [4.78, 5) is 32.7. The van der Waals surface area contributed by atoms with Crippen molar-refractivity contribution in [3.63, 3.8) is 0 Å². The van der Waals surface area contributed by atoms with Gasteiger partial charge in [-0.05, 0) is 25.1 Å². The molecule has 2 aromatic heterocycles. The molecule has 3 aromatic rings. The van der Waals surface area contributed by atoms with E-state index in [0.29, 0.717) is 15.9 Å². The van der Waals surface area contributed by atoms with Gasteiger partial charge in [-0.2, -0.15) is 0 Å². The number of carbonyl (C=O) groups is 1. The summed E-state index contributed by atoms with van der Waals surface area (Å²) in [6, 6.07) is 11.4. The van der Waals surface area contributed by atoms with E-state index in [0.717, 1.165) is 4.90 Å². The number of ether oxygens (including phenoxy) is 1. The zero-order chi connectivity index (χ0) is 16.2. The van der Waals surface area contributed by atoms with E-state index in [9.17, 15) is 9.59 Å². The minimum absolute atomic E-state index is 0.00112. The van der Waals surface area contributed by atoms with Gasteiger partial charge in [0, 0.05) is 17.3 Å². The van der Waals surface area contributed by atoms with Crippen molar-refractivity contribution in [2.45, 2.75) is 16.8 Å². The molecule has 1 aromatic carbocycles. The highest BCUT2D eigenvalue weighted by Gasteiger charge is 2.16. The molecule has 3 rings (SSSR count). The zero-order valence-electron chi connectivity index (χ0n) is 12.4. The van der Waals surface area contributed by atoms with Crippen LogP contribution in [0.3, 0.4) is 0 Å². The second kappa shape index (κ2) is 6.66. The summed E-state index contributed by atoms with van der Waals surface area (Å²) in [7, 11) is 0. The number of esters is 1. The summed E-state index contributed by atoms with van der Waals surface area (Å²) in [6.07, 6.45) is 2.96. The molecule has 1 N–H and O–H groups in total. The number of nitrogens with one attached hydrogen (secondary N) is 1. The maximum atomic E-state index is 12.5. The van der Waals surface area contributed by atoms with Crippen molar-refractivity contribution in [2.75, 3.05) is 6.61 Å². The molecule has 0 fully saturated rings. The standard InChI is InChI=1S/C17H14N2O3S/c1-2-22-17(21)13-10-19-14-12(15(13)20)8-9-18-16(14)23-11-6-4-3-5-7-11/h3-10H,2H2,1H3,(H,19,20). The van der Waals surface area contributed by atoms with Gasteiger partial charge in [0.2, 0.25) is 5.43 Å². The molecule has 23 heavy (non-hydrogen) atoms. The highest BCUT2D eigenvalue weighted by Crippen LogP contribution is 2.29. The van der Waals surface area contributed by atoms with E-state index in [1.54, 1.807) is 19.2 Å². The van der Waals surface area contributed by atoms with E-state index in [2.05, 4.69) is 9.97 Å². The van der Waals surface area contributed by atoms with Crippen LogP contribution in [0.15, 0.2) is 63.5 Å². The second-order valence-electron chi connectivity index (χ2n) is 4.71. The Morgan fingerprint density at radius 2 is 2.04 bits per heavy atom. The van der Waals surface area contributed by atoms with Crippen LogP contribution in [0.4, 0.5) is 0 Å². The molecule has 5 nitrogen and oxygen atoms in total. The summed E-state index contributed by atoms with van der Waals surface area (Å²) in [5, 5.41) is 1.10. The number of H-pyrrole nitrogens is 1. The maximum absolute atomic E-state index is 12.5. The number of carbonyl (C=O) groups excluding carboxylic acids is 1. The molecule has 0 unspecified atom stereocenters. The minimum atomic E-state index is -0.621. The number of benzene rings is 1. The van der Waals surface area contributed by atoms with Crippen LogP contribution in [-0.2, 0) is 4.74 Å². The van der Waals surface area contributed by atoms with Gasteiger partial charge in [0.05, 0.1) is 17.5 Å². The van der Waals surface area contributed by atoms with Crippen LogP contribution in [-0.4, -0.2) is 22.5 Å². The van der Waals surface area contributed by atoms with E-state index in [1.165, 1.54) is 18.0 Å². The predicted octanol–water partition coefficient (Wildman–Crippen LogP) is 3.25. The van der Waals surface area contributed by atoms with Gasteiger partial charge in [0.25, 0.3) is 0 Å². The van der Waals surface area contributed by atoms with Crippen molar-refractivity contribution < 1.29 is 9.53 Å². The van der Waals surface area contributed by atoms with E-state index >= 15 is 0 Å². The Balaban J connectivity index is 2.07. The fraction of sp³-hybridized carbons (Fsp3) is 0.118. The van der Waals surface area contributed by atoms with Crippen molar-refractivity contribution in [1.29, 1.82) is 0 Å². The van der Waals surface area contributed by atoms with Gasteiger partial charge in [-0.3, -0.25) is 4.79 Å². The molecular formula is C17H14N2O3S. The van der Waals surface area contributed by atoms with Crippen LogP contribution in [0.25, 0.3) is 10.9 Å². The molecule has 0 radical (unpaired) electrons. The lowest BCUT2D eigenvalue weighted by molar-refractivity contribution is 0.0524. The molecule has 116 valence electrons. The van der Waals surface area contributed by atoms with Crippen LogP contribution in [0.1, 0.15) is 17.3 Å². The van der Waals surface area contributed by atoms with Crippen LogP contribution in [0.2, 0.25) is 0 Å². The first-order chi connectivity index (χ1) is 11.2. The lowest BCUT2D eigenvalue weighted by Crippen LogP contribution is -2.18. The molecular weight excluding hydrogens is 312 g/mol. The van der Waals surface area contributed by atoms with Crippen molar-refractivity contribution in [3.8, 4) is 0 Å². The first-order valence-electron chi connectivity index (χ1n) is 7.11. The van der Waals surface area contributed by atoms with Gasteiger partial charge in [0.1, 0.15) is 10.6 Å². The Kier molecular flexibility index (Phi) is 4.43. The third-order valence-electron chi connectivity index (χ3n) is 3.22. The average Bonchev–Trinajstić information content (AvgIpc) is 2.57. The number of fused-ring (bicyclic) bond motifs is 1. The number of aromatic amines is 1. The first-order valence-corrected chi connectivity index (χ1v) is 7.92. The summed E-state index contributed by atoms with van der Waals surface area (Å²) in [5.41, 5.74) is 0.259. The Morgan fingerprint density at radius 3 is 2.78 bits per heavy atom. The molecule has 0 aliphatic carbocycles. The summed E-state index contributed by atoms with van der Waals surface area (Å²) >= 11 is 1.45. The molecule has 0 bridgehead atoms. The fourth-order valence-corrected chi connectivity index (χ4v) is 3.07. The molecule has 0 saturated heterocycles. The molecule has 0 atom stereocenters. The van der Waals surface area contributed by atoms with E-state index < -0.39 is 5.97 Å². The van der Waals surface area contributed by atoms with Gasteiger partial charge in [0.15, 0.2) is 0 Å². The summed E-state index contributed by atoms with van der Waals surface area (Å²) in [5.74, 6) is -0.621. The van der Waals surface area contributed by atoms with Gasteiger partial charge in [-0.15, -0.1) is 0 Å². The molecule has 0 saturated carbocycles. The highest BCUT2D eigenvalue weighted by atomic mass is 32.2. The van der Waals surface area contributed by atoms with Gasteiger partial charge in [-0.25, -0.2) is 9.78 Å². The Morgan fingerprint density at radius 1 is 1.26 bits per heavy atom. The molecule has 6 heteroatoms. The van der Waals surface area contributed by atoms with Crippen molar-refractivity contribution in [2.24, 2.45) is 0 Å². The van der Waals surface area contributed by atoms with Crippen LogP contribution < -0.4 is 5.43 Å². The van der Waals surface area contributed by atoms with Crippen LogP contribution in [0, 0.1) is 0 Å². The molecule has 0 aliphatic rings. The zero-order valence-corrected chi connectivity index (χ0v) is 13.2. The number of rotatable bonds is 4. The van der Waals surface area contributed by atoms with Gasteiger partial charge < -0.3 is 9.72 Å². The third kappa shape index (κ3) is 3.12. The van der Waals surface area contributed by atoms with E-state index in [1.807, 2.05) is 30.3 Å². The topological polar surface area (TPSA) is 72.1 Å². The molecule has 0 amide bonds. The number of hydrogen-bond acceptors (Lipinski definition) is 5. The number of aromatic nitrogens is 2. The van der Waals surface area contributed by atoms with Crippen LogP contribution >= 0.6 is 11.8 Å². The number of pyridine rings is 2. The lowest BCUT2D eigenvalue weighted by atomic mass is 10.2. The monoisotopic (exact) mass is 326 g/mol. The smallest absolute Gasteiger partial charge is 0.343 e. The fourth-order valence-electron chi connectivity index (χ4n) is 2.16. The Bertz CT molecular complexity index is 907. The third-order valence-corrected chi connectivity index (χ3v) is 4.23. The predicted molar refractivity (Wildman–Crippen MR) is 88.9 cm³/mol.